The van der Waals surface area contributed by atoms with E-state index in [1.54, 1.807) is 0 Å². The first kappa shape index (κ1) is 8.27. The lowest BCUT2D eigenvalue weighted by atomic mass is 10.2. The molecular formula is C7H7N3O2. The topological polar surface area (TPSA) is 78.9 Å². The van der Waals surface area contributed by atoms with Crippen molar-refractivity contribution in [1.29, 1.82) is 5.26 Å². The van der Waals surface area contributed by atoms with E-state index in [9.17, 15) is 4.79 Å². The molecule has 1 atom stereocenters. The average Bonchev–Trinajstić information content (AvgIpc) is 2.55. The number of nitriles is 1. The van der Waals surface area contributed by atoms with Crippen LogP contribution in [0.3, 0.4) is 0 Å². The molecule has 0 spiro atoms. The fourth-order valence-corrected chi connectivity index (χ4v) is 0.576. The Hall–Kier alpha value is -1.83. The summed E-state index contributed by atoms with van der Waals surface area (Å²) in [6.07, 6.45) is 2.66. The van der Waals surface area contributed by atoms with Gasteiger partial charge in [0.05, 0.1) is 12.3 Å². The predicted octanol–water partition coefficient (Wildman–Crippen LogP) is 0.773. The molecule has 0 aromatic carbocycles. The van der Waals surface area contributed by atoms with Crippen LogP contribution in [0.5, 0.6) is 0 Å². The number of amides is 1. The van der Waals surface area contributed by atoms with Crippen molar-refractivity contribution in [3.63, 3.8) is 0 Å². The number of nitrogens with zero attached hydrogens (tertiary/aromatic N) is 2. The third kappa shape index (κ3) is 1.83. The van der Waals surface area contributed by atoms with Crippen molar-refractivity contribution in [1.82, 2.24) is 5.16 Å². The molecule has 1 aromatic rings. The average molecular weight is 165 g/mol. The Kier molecular flexibility index (Phi) is 2.43. The highest BCUT2D eigenvalue weighted by molar-refractivity contribution is 5.93. The molecule has 0 radical (unpaired) electrons. The SMILES string of the molecule is CC(C#N)C(=O)Nc1cnoc1. The van der Waals surface area contributed by atoms with Crippen LogP contribution >= 0.6 is 0 Å². The number of hydrogen-bond acceptors (Lipinski definition) is 4. The molecule has 62 valence electrons. The van der Waals surface area contributed by atoms with Crippen LogP contribution in [0.15, 0.2) is 17.0 Å². The van der Waals surface area contributed by atoms with Crippen molar-refractivity contribution in [3.8, 4) is 6.07 Å². The fourth-order valence-electron chi connectivity index (χ4n) is 0.576. The Labute approximate surface area is 69.0 Å². The zero-order valence-electron chi connectivity index (χ0n) is 6.44. The van der Waals surface area contributed by atoms with E-state index in [1.807, 2.05) is 6.07 Å². The molecule has 1 aromatic heterocycles. The van der Waals surface area contributed by atoms with Gasteiger partial charge in [-0.15, -0.1) is 0 Å². The second-order valence-corrected chi connectivity index (χ2v) is 2.25. The lowest BCUT2D eigenvalue weighted by Gasteiger charge is -2.00. The van der Waals surface area contributed by atoms with E-state index in [0.29, 0.717) is 5.69 Å². The molecule has 0 bridgehead atoms. The minimum atomic E-state index is -0.667. The van der Waals surface area contributed by atoms with E-state index in [-0.39, 0.29) is 5.91 Å². The number of rotatable bonds is 2. The number of nitrogens with one attached hydrogen (secondary N) is 1. The molecular weight excluding hydrogens is 158 g/mol. The number of anilines is 1. The van der Waals surface area contributed by atoms with Gasteiger partial charge in [-0.2, -0.15) is 5.26 Å². The summed E-state index contributed by atoms with van der Waals surface area (Å²) in [5.74, 6) is -1.03. The molecule has 0 saturated carbocycles. The molecule has 1 heterocycles. The first-order chi connectivity index (χ1) is 5.74. The maximum atomic E-state index is 11.0. The summed E-state index contributed by atoms with van der Waals surface area (Å²) in [6, 6.07) is 1.81. The normalized spacial score (nSPS) is 11.7. The summed E-state index contributed by atoms with van der Waals surface area (Å²) in [5, 5.41) is 14.2. The smallest absolute Gasteiger partial charge is 0.241 e. The van der Waals surface area contributed by atoms with E-state index < -0.39 is 5.92 Å². The second kappa shape index (κ2) is 3.53. The van der Waals surface area contributed by atoms with E-state index >= 15 is 0 Å². The van der Waals surface area contributed by atoms with E-state index in [0.717, 1.165) is 0 Å². The molecule has 0 aliphatic carbocycles. The van der Waals surface area contributed by atoms with Crippen molar-refractivity contribution in [2.75, 3.05) is 5.32 Å². The van der Waals surface area contributed by atoms with Crippen LogP contribution in [0, 0.1) is 17.2 Å². The van der Waals surface area contributed by atoms with Gasteiger partial charge in [0.25, 0.3) is 0 Å². The summed E-state index contributed by atoms with van der Waals surface area (Å²) < 4.78 is 4.48. The molecule has 1 rings (SSSR count). The largest absolute Gasteiger partial charge is 0.363 e. The highest BCUT2D eigenvalue weighted by Gasteiger charge is 2.11. The molecule has 0 aliphatic rings. The third-order valence-corrected chi connectivity index (χ3v) is 1.29. The second-order valence-electron chi connectivity index (χ2n) is 2.25. The molecule has 0 fully saturated rings. The highest BCUT2D eigenvalue weighted by atomic mass is 16.5. The monoisotopic (exact) mass is 165 g/mol. The van der Waals surface area contributed by atoms with Crippen LogP contribution in [-0.4, -0.2) is 11.1 Å². The van der Waals surface area contributed by atoms with Gasteiger partial charge in [0, 0.05) is 0 Å². The first-order valence-electron chi connectivity index (χ1n) is 3.34. The van der Waals surface area contributed by atoms with Crippen LogP contribution in [-0.2, 0) is 4.79 Å². The summed E-state index contributed by atoms with van der Waals surface area (Å²) in [4.78, 5) is 11.0. The Morgan fingerprint density at radius 3 is 3.17 bits per heavy atom. The number of hydrogen-bond donors (Lipinski definition) is 1. The number of aromatic nitrogens is 1. The van der Waals surface area contributed by atoms with Gasteiger partial charge in [-0.1, -0.05) is 5.16 Å². The molecule has 5 heteroatoms. The van der Waals surface area contributed by atoms with E-state index in [4.69, 9.17) is 5.26 Å². The van der Waals surface area contributed by atoms with Gasteiger partial charge in [-0.25, -0.2) is 0 Å². The van der Waals surface area contributed by atoms with Crippen LogP contribution in [0.2, 0.25) is 0 Å². The van der Waals surface area contributed by atoms with E-state index in [2.05, 4.69) is 15.0 Å². The molecule has 5 nitrogen and oxygen atoms in total. The Balaban J connectivity index is 2.54. The number of carbonyl (C=O) groups excluding carboxylic acids is 1. The summed E-state index contributed by atoms with van der Waals surface area (Å²) in [6.45, 7) is 1.52. The van der Waals surface area contributed by atoms with Crippen molar-refractivity contribution in [2.45, 2.75) is 6.92 Å². The number of carbonyl (C=O) groups is 1. The van der Waals surface area contributed by atoms with Gasteiger partial charge >= 0.3 is 0 Å². The molecule has 12 heavy (non-hydrogen) atoms. The lowest BCUT2D eigenvalue weighted by molar-refractivity contribution is -0.117. The van der Waals surface area contributed by atoms with Crippen molar-refractivity contribution in [3.05, 3.63) is 12.5 Å². The minimum Gasteiger partial charge on any atom is -0.363 e. The molecule has 1 unspecified atom stereocenters. The van der Waals surface area contributed by atoms with Crippen LogP contribution < -0.4 is 5.32 Å². The molecule has 0 aliphatic heterocycles. The predicted molar refractivity (Wildman–Crippen MR) is 39.9 cm³/mol. The van der Waals surface area contributed by atoms with Gasteiger partial charge in [0.2, 0.25) is 5.91 Å². The maximum absolute atomic E-state index is 11.0. The lowest BCUT2D eigenvalue weighted by Crippen LogP contribution is -2.18. The van der Waals surface area contributed by atoms with Gasteiger partial charge in [0.15, 0.2) is 0 Å². The molecule has 1 N–H and O–H groups in total. The van der Waals surface area contributed by atoms with Gasteiger partial charge in [-0.3, -0.25) is 4.79 Å². The van der Waals surface area contributed by atoms with Crippen molar-refractivity contribution >= 4 is 11.6 Å². The van der Waals surface area contributed by atoms with E-state index in [1.165, 1.54) is 19.4 Å². The van der Waals surface area contributed by atoms with Crippen molar-refractivity contribution in [2.24, 2.45) is 5.92 Å². The Bertz CT molecular complexity index is 299. The molecule has 1 amide bonds. The Morgan fingerprint density at radius 1 is 1.92 bits per heavy atom. The van der Waals surface area contributed by atoms with Gasteiger partial charge < -0.3 is 9.84 Å². The summed E-state index contributed by atoms with van der Waals surface area (Å²) >= 11 is 0. The fraction of sp³-hybridized carbons (Fsp3) is 0.286. The summed E-state index contributed by atoms with van der Waals surface area (Å²) in [5.41, 5.74) is 0.460. The standard InChI is InChI=1S/C7H7N3O2/c1-5(2-8)7(11)10-6-3-9-12-4-6/h3-5H,1H3,(H,10,11). The zero-order valence-corrected chi connectivity index (χ0v) is 6.44. The quantitative estimate of drug-likeness (QED) is 0.702. The van der Waals surface area contributed by atoms with Crippen LogP contribution in [0.25, 0.3) is 0 Å². The first-order valence-corrected chi connectivity index (χ1v) is 3.34. The van der Waals surface area contributed by atoms with Gasteiger partial charge in [-0.05, 0) is 6.92 Å². The zero-order chi connectivity index (χ0) is 8.97. The highest BCUT2D eigenvalue weighted by Crippen LogP contribution is 2.05. The minimum absolute atomic E-state index is 0.360. The third-order valence-electron chi connectivity index (χ3n) is 1.29. The molecule has 0 saturated heterocycles. The summed E-state index contributed by atoms with van der Waals surface area (Å²) in [7, 11) is 0. The maximum Gasteiger partial charge on any atom is 0.241 e. The van der Waals surface area contributed by atoms with Gasteiger partial charge in [0.1, 0.15) is 17.9 Å². The van der Waals surface area contributed by atoms with Crippen molar-refractivity contribution < 1.29 is 9.32 Å². The van der Waals surface area contributed by atoms with Crippen LogP contribution in [0.4, 0.5) is 5.69 Å². The Morgan fingerprint density at radius 2 is 2.67 bits per heavy atom. The van der Waals surface area contributed by atoms with Crippen LogP contribution in [0.1, 0.15) is 6.92 Å².